The number of carbonyl (C=O) groups is 1. The summed E-state index contributed by atoms with van der Waals surface area (Å²) in [7, 11) is 0. The van der Waals surface area contributed by atoms with E-state index in [2.05, 4.69) is 27.6 Å². The van der Waals surface area contributed by atoms with E-state index in [0.29, 0.717) is 12.2 Å². The first-order valence-electron chi connectivity index (χ1n) is 4.06. The predicted octanol–water partition coefficient (Wildman–Crippen LogP) is 2.53. The minimum Gasteiger partial charge on any atom is -0.465 e. The van der Waals surface area contributed by atoms with Crippen molar-refractivity contribution in [3.05, 3.63) is 27.6 Å². The molecule has 14 heavy (non-hydrogen) atoms. The number of aromatic nitrogens is 1. The van der Waals surface area contributed by atoms with Gasteiger partial charge in [0.2, 0.25) is 0 Å². The Morgan fingerprint density at radius 3 is 3.00 bits per heavy atom. The van der Waals surface area contributed by atoms with Crippen molar-refractivity contribution >= 4 is 40.2 Å². The van der Waals surface area contributed by atoms with Gasteiger partial charge in [0.15, 0.2) is 5.38 Å². The van der Waals surface area contributed by atoms with Crippen LogP contribution in [-0.2, 0) is 9.53 Å². The van der Waals surface area contributed by atoms with Crippen LogP contribution in [0.15, 0.2) is 18.5 Å². The second-order valence-corrected chi connectivity index (χ2v) is 4.23. The largest absolute Gasteiger partial charge is 0.465 e. The third-order valence-electron chi connectivity index (χ3n) is 1.51. The van der Waals surface area contributed by atoms with Crippen LogP contribution >= 0.6 is 34.2 Å². The van der Waals surface area contributed by atoms with E-state index in [1.54, 1.807) is 19.3 Å². The van der Waals surface area contributed by atoms with Crippen LogP contribution in [0.25, 0.3) is 0 Å². The van der Waals surface area contributed by atoms with Gasteiger partial charge in [-0.05, 0) is 35.6 Å². The summed E-state index contributed by atoms with van der Waals surface area (Å²) in [6.07, 6.45) is 3.26. The molecule has 0 amide bonds. The zero-order valence-corrected chi connectivity index (χ0v) is 10.4. The molecule has 0 aliphatic rings. The monoisotopic (exact) mass is 325 g/mol. The van der Waals surface area contributed by atoms with Gasteiger partial charge < -0.3 is 4.74 Å². The molecule has 0 radical (unpaired) electrons. The molecule has 0 N–H and O–H groups in total. The molecule has 0 spiro atoms. The highest BCUT2D eigenvalue weighted by Crippen LogP contribution is 2.22. The molecule has 0 aromatic carbocycles. The van der Waals surface area contributed by atoms with Crippen molar-refractivity contribution in [1.29, 1.82) is 0 Å². The molecule has 0 bridgehead atoms. The summed E-state index contributed by atoms with van der Waals surface area (Å²) in [5.41, 5.74) is 0.664. The highest BCUT2D eigenvalue weighted by Gasteiger charge is 2.19. The molecule has 0 fully saturated rings. The fourth-order valence-electron chi connectivity index (χ4n) is 0.918. The summed E-state index contributed by atoms with van der Waals surface area (Å²) < 4.78 is 5.74. The first-order valence-corrected chi connectivity index (χ1v) is 5.57. The van der Waals surface area contributed by atoms with Crippen LogP contribution < -0.4 is 0 Å². The Balaban J connectivity index is 2.78. The Hall–Kier alpha value is -0.360. The van der Waals surface area contributed by atoms with E-state index in [9.17, 15) is 4.79 Å². The lowest BCUT2D eigenvalue weighted by molar-refractivity contribution is -0.142. The lowest BCUT2D eigenvalue weighted by Crippen LogP contribution is -2.11. The third-order valence-corrected chi connectivity index (χ3v) is 2.53. The second kappa shape index (κ2) is 5.50. The Bertz CT molecular complexity index is 332. The van der Waals surface area contributed by atoms with Gasteiger partial charge in [0, 0.05) is 21.5 Å². The van der Waals surface area contributed by atoms with E-state index in [-0.39, 0.29) is 0 Å². The minimum absolute atomic E-state index is 0.333. The van der Waals surface area contributed by atoms with E-state index in [0.717, 1.165) is 3.57 Å². The third kappa shape index (κ3) is 3.09. The molecule has 3 nitrogen and oxygen atoms in total. The molecule has 1 aromatic rings. The molecule has 76 valence electrons. The molecule has 1 heterocycles. The molecule has 0 saturated heterocycles. The SMILES string of the molecule is CCOC(=O)[C@H](Cl)c1cncc(I)c1. The number of carbonyl (C=O) groups excluding carboxylic acids is 1. The summed E-state index contributed by atoms with van der Waals surface area (Å²) in [5, 5.41) is -0.767. The summed E-state index contributed by atoms with van der Waals surface area (Å²) in [5.74, 6) is -0.432. The topological polar surface area (TPSA) is 39.2 Å². The number of esters is 1. The molecule has 0 unspecified atom stereocenters. The maximum absolute atomic E-state index is 11.3. The standard InChI is InChI=1S/C9H9ClINO2/c1-2-14-9(13)8(10)6-3-7(11)5-12-4-6/h3-5,8H,2H2,1H3/t8-/m1/s1. The molecule has 0 aliphatic carbocycles. The van der Waals surface area contributed by atoms with Crippen LogP contribution in [0.5, 0.6) is 0 Å². The molecule has 0 saturated carbocycles. The van der Waals surface area contributed by atoms with Crippen molar-refractivity contribution in [3.8, 4) is 0 Å². The average molecular weight is 326 g/mol. The maximum Gasteiger partial charge on any atom is 0.328 e. The summed E-state index contributed by atoms with van der Waals surface area (Å²) >= 11 is 8.00. The van der Waals surface area contributed by atoms with E-state index in [4.69, 9.17) is 16.3 Å². The molecule has 1 atom stereocenters. The molecule has 1 rings (SSSR count). The van der Waals surface area contributed by atoms with Gasteiger partial charge in [-0.1, -0.05) is 0 Å². The van der Waals surface area contributed by atoms with Gasteiger partial charge in [0.05, 0.1) is 6.61 Å². The van der Waals surface area contributed by atoms with Gasteiger partial charge in [-0.15, -0.1) is 11.6 Å². The van der Waals surface area contributed by atoms with Crippen molar-refractivity contribution < 1.29 is 9.53 Å². The lowest BCUT2D eigenvalue weighted by atomic mass is 10.2. The number of hydrogen-bond acceptors (Lipinski definition) is 3. The molecular formula is C9H9ClINO2. The quantitative estimate of drug-likeness (QED) is 0.487. The van der Waals surface area contributed by atoms with Gasteiger partial charge in [0.25, 0.3) is 0 Å². The molecule has 0 aliphatic heterocycles. The fraction of sp³-hybridized carbons (Fsp3) is 0.333. The zero-order chi connectivity index (χ0) is 10.6. The van der Waals surface area contributed by atoms with Crippen LogP contribution in [0.2, 0.25) is 0 Å². The van der Waals surface area contributed by atoms with Gasteiger partial charge in [-0.3, -0.25) is 9.78 Å². The van der Waals surface area contributed by atoms with Crippen molar-refractivity contribution in [3.63, 3.8) is 0 Å². The smallest absolute Gasteiger partial charge is 0.328 e. The first kappa shape index (κ1) is 11.7. The van der Waals surface area contributed by atoms with Gasteiger partial charge in [0.1, 0.15) is 0 Å². The van der Waals surface area contributed by atoms with Crippen molar-refractivity contribution in [2.75, 3.05) is 6.61 Å². The van der Waals surface area contributed by atoms with E-state index in [1.165, 1.54) is 0 Å². The van der Waals surface area contributed by atoms with E-state index in [1.807, 2.05) is 6.07 Å². The second-order valence-electron chi connectivity index (χ2n) is 2.55. The van der Waals surface area contributed by atoms with Crippen molar-refractivity contribution in [1.82, 2.24) is 4.98 Å². The average Bonchev–Trinajstić information content (AvgIpc) is 2.17. The Morgan fingerprint density at radius 2 is 2.43 bits per heavy atom. The Morgan fingerprint density at radius 1 is 1.71 bits per heavy atom. The normalized spacial score (nSPS) is 12.2. The number of hydrogen-bond donors (Lipinski definition) is 0. The Labute approximate surface area is 101 Å². The summed E-state index contributed by atoms with van der Waals surface area (Å²) in [6, 6.07) is 1.81. The highest BCUT2D eigenvalue weighted by molar-refractivity contribution is 14.1. The van der Waals surface area contributed by atoms with Crippen LogP contribution in [0.4, 0.5) is 0 Å². The van der Waals surface area contributed by atoms with Crippen molar-refractivity contribution in [2.45, 2.75) is 12.3 Å². The van der Waals surface area contributed by atoms with Crippen LogP contribution in [-0.4, -0.2) is 17.6 Å². The Kier molecular flexibility index (Phi) is 4.60. The van der Waals surface area contributed by atoms with E-state index >= 15 is 0 Å². The molecule has 5 heteroatoms. The van der Waals surface area contributed by atoms with Gasteiger partial charge in [-0.2, -0.15) is 0 Å². The van der Waals surface area contributed by atoms with Crippen molar-refractivity contribution in [2.24, 2.45) is 0 Å². The molecule has 1 aromatic heterocycles. The van der Waals surface area contributed by atoms with Crippen LogP contribution in [0.1, 0.15) is 17.9 Å². The number of nitrogens with zero attached hydrogens (tertiary/aromatic N) is 1. The van der Waals surface area contributed by atoms with Gasteiger partial charge in [-0.25, -0.2) is 0 Å². The van der Waals surface area contributed by atoms with E-state index < -0.39 is 11.3 Å². The number of pyridine rings is 1. The fourth-order valence-corrected chi connectivity index (χ4v) is 1.62. The number of halogens is 2. The van der Waals surface area contributed by atoms with Crippen LogP contribution in [0, 0.1) is 3.57 Å². The predicted molar refractivity (Wildman–Crippen MR) is 62.2 cm³/mol. The molecular weight excluding hydrogens is 316 g/mol. The minimum atomic E-state index is -0.767. The lowest BCUT2D eigenvalue weighted by Gasteiger charge is -2.08. The van der Waals surface area contributed by atoms with Gasteiger partial charge >= 0.3 is 5.97 Å². The zero-order valence-electron chi connectivity index (χ0n) is 7.54. The summed E-state index contributed by atoms with van der Waals surface area (Å²) in [4.78, 5) is 15.2. The maximum atomic E-state index is 11.3. The number of rotatable bonds is 3. The highest BCUT2D eigenvalue weighted by atomic mass is 127. The van der Waals surface area contributed by atoms with Crippen LogP contribution in [0.3, 0.4) is 0 Å². The number of alkyl halides is 1. The number of ether oxygens (including phenoxy) is 1. The first-order chi connectivity index (χ1) is 6.65. The summed E-state index contributed by atoms with van der Waals surface area (Å²) in [6.45, 7) is 2.08.